The molecule has 0 saturated heterocycles. The Balaban J connectivity index is 2.59. The van der Waals surface area contributed by atoms with Gasteiger partial charge in [-0.05, 0) is 58.7 Å². The fraction of sp³-hybridized carbons (Fsp3) is 0.625. The van der Waals surface area contributed by atoms with Crippen molar-refractivity contribution in [3.8, 4) is 0 Å². The molecule has 1 rings (SSSR count). The van der Waals surface area contributed by atoms with Crippen LogP contribution >= 0.6 is 0 Å². The van der Waals surface area contributed by atoms with E-state index < -0.39 is 0 Å². The molecule has 2 heteroatoms. The molecular weight excluding hydrogens is 222 g/mol. The summed E-state index contributed by atoms with van der Waals surface area (Å²) in [6, 6.07) is 6.66. The number of hydrogen-bond donors (Lipinski definition) is 1. The van der Waals surface area contributed by atoms with Crippen molar-refractivity contribution < 1.29 is 5.11 Å². The first-order valence-electron chi connectivity index (χ1n) is 6.75. The van der Waals surface area contributed by atoms with E-state index in [2.05, 4.69) is 57.8 Å². The van der Waals surface area contributed by atoms with Crippen LogP contribution in [-0.4, -0.2) is 35.7 Å². The molecule has 1 aromatic rings. The third kappa shape index (κ3) is 4.11. The Kier molecular flexibility index (Phi) is 5.36. The summed E-state index contributed by atoms with van der Waals surface area (Å²) in [5.74, 6) is 0. The molecule has 0 unspecified atom stereocenters. The van der Waals surface area contributed by atoms with Gasteiger partial charge in [0.05, 0.1) is 0 Å². The molecule has 0 aromatic heterocycles. The van der Waals surface area contributed by atoms with Crippen LogP contribution in [0.1, 0.15) is 37.0 Å². The lowest BCUT2D eigenvalue weighted by Gasteiger charge is -2.35. The summed E-state index contributed by atoms with van der Waals surface area (Å²) in [6.07, 6.45) is 1.88. The number of rotatable bonds is 6. The van der Waals surface area contributed by atoms with E-state index in [1.165, 1.54) is 16.7 Å². The SMILES string of the molecule is Cc1ccc(CCN(C)C(C)(C)CCO)c(C)c1. The van der Waals surface area contributed by atoms with Crippen molar-refractivity contribution >= 4 is 0 Å². The number of aliphatic hydroxyl groups is 1. The summed E-state index contributed by atoms with van der Waals surface area (Å²) in [4.78, 5) is 2.34. The third-order valence-corrected chi connectivity index (χ3v) is 3.97. The van der Waals surface area contributed by atoms with E-state index in [1.54, 1.807) is 0 Å². The molecule has 0 saturated carbocycles. The van der Waals surface area contributed by atoms with Crippen molar-refractivity contribution in [1.29, 1.82) is 0 Å². The minimum absolute atomic E-state index is 0.0628. The zero-order chi connectivity index (χ0) is 13.8. The maximum absolute atomic E-state index is 9.08. The molecule has 0 aliphatic carbocycles. The van der Waals surface area contributed by atoms with Crippen LogP contribution in [0.3, 0.4) is 0 Å². The summed E-state index contributed by atoms with van der Waals surface area (Å²) in [5, 5.41) is 9.08. The van der Waals surface area contributed by atoms with Crippen LogP contribution in [0.15, 0.2) is 18.2 Å². The number of benzene rings is 1. The molecule has 0 atom stereocenters. The number of hydrogen-bond acceptors (Lipinski definition) is 2. The van der Waals surface area contributed by atoms with Crippen LogP contribution in [0.25, 0.3) is 0 Å². The quantitative estimate of drug-likeness (QED) is 0.838. The Hall–Kier alpha value is -0.860. The molecule has 0 aliphatic heterocycles. The first kappa shape index (κ1) is 15.2. The van der Waals surface area contributed by atoms with Gasteiger partial charge in [-0.1, -0.05) is 23.8 Å². The summed E-state index contributed by atoms with van der Waals surface area (Å²) < 4.78 is 0. The second-order valence-electron chi connectivity index (χ2n) is 5.89. The first-order chi connectivity index (χ1) is 8.36. The standard InChI is InChI=1S/C16H27NO/c1-13-6-7-15(14(2)12-13)8-10-17(5)16(3,4)9-11-18/h6-7,12,18H,8-11H2,1-5H3. The maximum Gasteiger partial charge on any atom is 0.0448 e. The lowest BCUT2D eigenvalue weighted by atomic mass is 9.97. The number of likely N-dealkylation sites (N-methyl/N-ethyl adjacent to an activating group) is 1. The molecule has 0 heterocycles. The van der Waals surface area contributed by atoms with Crippen LogP contribution in [0.2, 0.25) is 0 Å². The average molecular weight is 249 g/mol. The predicted molar refractivity (Wildman–Crippen MR) is 78.0 cm³/mol. The van der Waals surface area contributed by atoms with E-state index in [0.717, 1.165) is 19.4 Å². The van der Waals surface area contributed by atoms with E-state index in [0.29, 0.717) is 0 Å². The van der Waals surface area contributed by atoms with Gasteiger partial charge in [-0.3, -0.25) is 0 Å². The monoisotopic (exact) mass is 249 g/mol. The summed E-state index contributed by atoms with van der Waals surface area (Å²) >= 11 is 0. The van der Waals surface area contributed by atoms with E-state index >= 15 is 0 Å². The molecule has 102 valence electrons. The van der Waals surface area contributed by atoms with E-state index in [9.17, 15) is 0 Å². The van der Waals surface area contributed by atoms with Crippen molar-refractivity contribution in [2.45, 2.75) is 46.1 Å². The minimum atomic E-state index is 0.0628. The van der Waals surface area contributed by atoms with Crippen molar-refractivity contribution in [2.75, 3.05) is 20.2 Å². The van der Waals surface area contributed by atoms with Crippen LogP contribution in [0.5, 0.6) is 0 Å². The number of aliphatic hydroxyl groups excluding tert-OH is 1. The number of nitrogens with zero attached hydrogens (tertiary/aromatic N) is 1. The van der Waals surface area contributed by atoms with E-state index in [-0.39, 0.29) is 12.1 Å². The molecule has 0 fully saturated rings. The Labute approximate surface area is 112 Å². The van der Waals surface area contributed by atoms with Crippen LogP contribution in [0, 0.1) is 13.8 Å². The summed E-state index contributed by atoms with van der Waals surface area (Å²) in [5.41, 5.74) is 4.19. The lowest BCUT2D eigenvalue weighted by molar-refractivity contribution is 0.117. The maximum atomic E-state index is 9.08. The molecule has 1 N–H and O–H groups in total. The third-order valence-electron chi connectivity index (χ3n) is 3.97. The van der Waals surface area contributed by atoms with E-state index in [1.807, 2.05) is 0 Å². The minimum Gasteiger partial charge on any atom is -0.396 e. The fourth-order valence-electron chi connectivity index (χ4n) is 2.18. The molecule has 0 amide bonds. The highest BCUT2D eigenvalue weighted by molar-refractivity contribution is 5.30. The van der Waals surface area contributed by atoms with Crippen molar-refractivity contribution in [3.63, 3.8) is 0 Å². The zero-order valence-corrected chi connectivity index (χ0v) is 12.5. The molecule has 18 heavy (non-hydrogen) atoms. The van der Waals surface area contributed by atoms with Crippen molar-refractivity contribution in [1.82, 2.24) is 4.90 Å². The first-order valence-corrected chi connectivity index (χ1v) is 6.75. The van der Waals surface area contributed by atoms with Crippen LogP contribution in [0.4, 0.5) is 0 Å². The van der Waals surface area contributed by atoms with Crippen molar-refractivity contribution in [2.24, 2.45) is 0 Å². The van der Waals surface area contributed by atoms with Gasteiger partial charge >= 0.3 is 0 Å². The Bertz CT molecular complexity index is 385. The average Bonchev–Trinajstić information content (AvgIpc) is 2.27. The normalized spacial score (nSPS) is 12.2. The molecule has 0 spiro atoms. The van der Waals surface area contributed by atoms with E-state index in [4.69, 9.17) is 5.11 Å². The Morgan fingerprint density at radius 3 is 2.44 bits per heavy atom. The highest BCUT2D eigenvalue weighted by Gasteiger charge is 2.22. The number of aryl methyl sites for hydroxylation is 2. The molecule has 0 aliphatic rings. The molecule has 0 bridgehead atoms. The Morgan fingerprint density at radius 2 is 1.89 bits per heavy atom. The molecule has 0 radical (unpaired) electrons. The van der Waals surface area contributed by atoms with Gasteiger partial charge in [0, 0.05) is 18.7 Å². The highest BCUT2D eigenvalue weighted by Crippen LogP contribution is 2.18. The Morgan fingerprint density at radius 1 is 1.22 bits per heavy atom. The predicted octanol–water partition coefficient (Wildman–Crippen LogP) is 2.94. The second kappa shape index (κ2) is 6.35. The van der Waals surface area contributed by atoms with Gasteiger partial charge in [0.15, 0.2) is 0 Å². The van der Waals surface area contributed by atoms with Gasteiger partial charge in [-0.2, -0.15) is 0 Å². The summed E-state index contributed by atoms with van der Waals surface area (Å²) in [6.45, 7) is 9.96. The topological polar surface area (TPSA) is 23.5 Å². The van der Waals surface area contributed by atoms with Crippen LogP contribution < -0.4 is 0 Å². The molecular formula is C16H27NO. The second-order valence-corrected chi connectivity index (χ2v) is 5.89. The van der Waals surface area contributed by atoms with Gasteiger partial charge < -0.3 is 10.0 Å². The van der Waals surface area contributed by atoms with Gasteiger partial charge in [-0.25, -0.2) is 0 Å². The fourth-order valence-corrected chi connectivity index (χ4v) is 2.18. The molecule has 1 aromatic carbocycles. The summed E-state index contributed by atoms with van der Waals surface area (Å²) in [7, 11) is 2.14. The zero-order valence-electron chi connectivity index (χ0n) is 12.5. The van der Waals surface area contributed by atoms with Gasteiger partial charge in [-0.15, -0.1) is 0 Å². The van der Waals surface area contributed by atoms with Crippen LogP contribution in [-0.2, 0) is 6.42 Å². The lowest BCUT2D eigenvalue weighted by Crippen LogP contribution is -2.42. The molecule has 2 nitrogen and oxygen atoms in total. The van der Waals surface area contributed by atoms with Gasteiger partial charge in [0.1, 0.15) is 0 Å². The van der Waals surface area contributed by atoms with Gasteiger partial charge in [0.25, 0.3) is 0 Å². The smallest absolute Gasteiger partial charge is 0.0448 e. The van der Waals surface area contributed by atoms with Crippen molar-refractivity contribution in [3.05, 3.63) is 34.9 Å². The van der Waals surface area contributed by atoms with Gasteiger partial charge in [0.2, 0.25) is 0 Å². The largest absolute Gasteiger partial charge is 0.396 e. The highest BCUT2D eigenvalue weighted by atomic mass is 16.3.